The van der Waals surface area contributed by atoms with Crippen LogP contribution in [-0.2, 0) is 17.8 Å². The average Bonchev–Trinajstić information content (AvgIpc) is 3.25. The molecule has 1 aliphatic carbocycles. The molecule has 0 bridgehead atoms. The number of nitrogens with one attached hydrogen (secondary N) is 1. The molecule has 2 aliphatic rings. The van der Waals surface area contributed by atoms with Crippen molar-refractivity contribution in [3.8, 4) is 5.75 Å². The summed E-state index contributed by atoms with van der Waals surface area (Å²) in [6.07, 6.45) is 5.52. The molecule has 0 radical (unpaired) electrons. The highest BCUT2D eigenvalue weighted by molar-refractivity contribution is 5.76. The van der Waals surface area contributed by atoms with Crippen molar-refractivity contribution < 1.29 is 14.6 Å². The zero-order valence-electron chi connectivity index (χ0n) is 14.0. The third kappa shape index (κ3) is 3.51. The van der Waals surface area contributed by atoms with Crippen LogP contribution in [0.2, 0.25) is 0 Å². The number of hydrogen-bond acceptors (Lipinski definition) is 5. The van der Waals surface area contributed by atoms with Crippen molar-refractivity contribution in [2.45, 2.75) is 44.4 Å². The lowest BCUT2D eigenvalue weighted by Crippen LogP contribution is -2.41. The van der Waals surface area contributed by atoms with E-state index < -0.39 is 0 Å². The molecule has 7 nitrogen and oxygen atoms in total. The number of carbonyl (C=O) groups excluding carboxylic acids is 1. The number of benzene rings is 1. The van der Waals surface area contributed by atoms with Gasteiger partial charge in [-0.05, 0) is 42.0 Å². The Hall–Kier alpha value is -2.41. The maximum Gasteiger partial charge on any atom is 0.222 e. The minimum atomic E-state index is -0.252. The molecule has 2 heterocycles. The number of carbonyl (C=O) groups is 1. The van der Waals surface area contributed by atoms with Crippen molar-refractivity contribution in [3.63, 3.8) is 0 Å². The molecule has 0 unspecified atom stereocenters. The number of aryl methyl sites for hydroxylation is 1. The van der Waals surface area contributed by atoms with Crippen molar-refractivity contribution in [3.05, 3.63) is 42.0 Å². The van der Waals surface area contributed by atoms with Crippen LogP contribution in [0.4, 0.5) is 0 Å². The molecule has 2 aromatic rings. The van der Waals surface area contributed by atoms with Gasteiger partial charge in [0.2, 0.25) is 5.91 Å². The van der Waals surface area contributed by atoms with Gasteiger partial charge in [0, 0.05) is 12.8 Å². The van der Waals surface area contributed by atoms with Gasteiger partial charge in [-0.15, -0.1) is 0 Å². The molecule has 4 rings (SSSR count). The van der Waals surface area contributed by atoms with E-state index in [2.05, 4.69) is 21.5 Å². The monoisotopic (exact) mass is 342 g/mol. The van der Waals surface area contributed by atoms with Crippen LogP contribution in [0.15, 0.2) is 30.9 Å². The molecule has 7 heteroatoms. The van der Waals surface area contributed by atoms with Gasteiger partial charge in [-0.2, -0.15) is 5.10 Å². The lowest BCUT2D eigenvalue weighted by Gasteiger charge is -2.38. The molecule has 1 aromatic heterocycles. The smallest absolute Gasteiger partial charge is 0.222 e. The number of nitrogens with zero attached hydrogens (tertiary/aromatic N) is 3. The van der Waals surface area contributed by atoms with Gasteiger partial charge in [-0.25, -0.2) is 4.98 Å². The number of fused-ring (bicyclic) bond motifs is 1. The van der Waals surface area contributed by atoms with E-state index >= 15 is 0 Å². The SMILES string of the molecule is O=C(CCn1cncn1)N[C@@H](c1ccc2c(c1)CCO2)C1CC(O)C1. The predicted molar refractivity (Wildman–Crippen MR) is 89.9 cm³/mol. The second-order valence-corrected chi connectivity index (χ2v) is 6.80. The maximum atomic E-state index is 12.4. The number of aliphatic hydroxyl groups excluding tert-OH is 1. The number of rotatable bonds is 6. The molecule has 0 saturated heterocycles. The summed E-state index contributed by atoms with van der Waals surface area (Å²) >= 11 is 0. The van der Waals surface area contributed by atoms with Gasteiger partial charge in [0.25, 0.3) is 0 Å². The lowest BCUT2D eigenvalue weighted by atomic mass is 9.75. The molecule has 1 aromatic carbocycles. The van der Waals surface area contributed by atoms with E-state index in [0.29, 0.717) is 13.0 Å². The van der Waals surface area contributed by atoms with Crippen molar-refractivity contribution in [1.29, 1.82) is 0 Å². The fraction of sp³-hybridized carbons (Fsp3) is 0.500. The topological polar surface area (TPSA) is 89.3 Å². The number of amides is 1. The Balaban J connectivity index is 1.45. The van der Waals surface area contributed by atoms with Crippen LogP contribution in [-0.4, -0.2) is 38.5 Å². The summed E-state index contributed by atoms with van der Waals surface area (Å²) in [5.74, 6) is 1.19. The minimum absolute atomic E-state index is 0.0151. The normalized spacial score (nSPS) is 22.6. The molecule has 25 heavy (non-hydrogen) atoms. The largest absolute Gasteiger partial charge is 0.493 e. The average molecular weight is 342 g/mol. The second-order valence-electron chi connectivity index (χ2n) is 6.80. The van der Waals surface area contributed by atoms with Gasteiger partial charge < -0.3 is 15.2 Å². The van der Waals surface area contributed by atoms with Gasteiger partial charge in [0.1, 0.15) is 18.4 Å². The zero-order valence-corrected chi connectivity index (χ0v) is 14.0. The van der Waals surface area contributed by atoms with Crippen molar-refractivity contribution in [2.24, 2.45) is 5.92 Å². The van der Waals surface area contributed by atoms with Crippen molar-refractivity contribution >= 4 is 5.91 Å². The molecule has 0 spiro atoms. The van der Waals surface area contributed by atoms with Crippen LogP contribution in [0.3, 0.4) is 0 Å². The number of aromatic nitrogens is 3. The lowest BCUT2D eigenvalue weighted by molar-refractivity contribution is -0.123. The molecule has 1 atom stereocenters. The first-order valence-corrected chi connectivity index (χ1v) is 8.74. The van der Waals surface area contributed by atoms with Gasteiger partial charge >= 0.3 is 0 Å². The van der Waals surface area contributed by atoms with E-state index in [0.717, 1.165) is 37.2 Å². The van der Waals surface area contributed by atoms with Crippen LogP contribution < -0.4 is 10.1 Å². The number of hydrogen-bond donors (Lipinski definition) is 2. The number of aliphatic hydroxyl groups is 1. The molecular weight excluding hydrogens is 320 g/mol. The van der Waals surface area contributed by atoms with Gasteiger partial charge in [-0.3, -0.25) is 9.48 Å². The van der Waals surface area contributed by atoms with Gasteiger partial charge in [0.15, 0.2) is 0 Å². The Bertz CT molecular complexity index is 741. The van der Waals surface area contributed by atoms with Crippen LogP contribution in [0, 0.1) is 5.92 Å². The second kappa shape index (κ2) is 6.84. The molecule has 1 fully saturated rings. The third-order valence-electron chi connectivity index (χ3n) is 5.04. The Labute approximate surface area is 146 Å². The first-order chi connectivity index (χ1) is 12.2. The maximum absolute atomic E-state index is 12.4. The van der Waals surface area contributed by atoms with Crippen LogP contribution in [0.25, 0.3) is 0 Å². The molecule has 1 amide bonds. The summed E-state index contributed by atoms with van der Waals surface area (Å²) in [6, 6.07) is 6.08. The summed E-state index contributed by atoms with van der Waals surface area (Å²) < 4.78 is 7.22. The first-order valence-electron chi connectivity index (χ1n) is 8.74. The highest BCUT2D eigenvalue weighted by atomic mass is 16.5. The fourth-order valence-electron chi connectivity index (χ4n) is 3.59. The van der Waals surface area contributed by atoms with E-state index in [1.165, 1.54) is 11.9 Å². The summed E-state index contributed by atoms with van der Waals surface area (Å²) in [5.41, 5.74) is 2.29. The molecular formula is C18H22N4O3. The third-order valence-corrected chi connectivity index (χ3v) is 5.04. The van der Waals surface area contributed by atoms with Crippen LogP contribution >= 0.6 is 0 Å². The molecule has 1 saturated carbocycles. The van der Waals surface area contributed by atoms with E-state index in [-0.39, 0.29) is 24.0 Å². The number of ether oxygens (including phenoxy) is 1. The standard InChI is InChI=1S/C18H22N4O3/c23-15-8-14(9-15)18(13-1-2-16-12(7-13)4-6-25-16)21-17(24)3-5-22-11-19-10-20-22/h1-2,7,10-11,14-15,18,23H,3-6,8-9H2,(H,21,24)/t14?,15?,18-/m0/s1. The zero-order chi connectivity index (χ0) is 17.2. The summed E-state index contributed by atoms with van der Waals surface area (Å²) in [5, 5.41) is 16.9. The quantitative estimate of drug-likeness (QED) is 0.824. The summed E-state index contributed by atoms with van der Waals surface area (Å²) in [7, 11) is 0. The Kier molecular flexibility index (Phi) is 4.40. The molecule has 1 aliphatic heterocycles. The summed E-state index contributed by atoms with van der Waals surface area (Å²) in [4.78, 5) is 16.3. The Morgan fingerprint density at radius 1 is 1.44 bits per heavy atom. The van der Waals surface area contributed by atoms with E-state index in [1.807, 2.05) is 12.1 Å². The highest BCUT2D eigenvalue weighted by Gasteiger charge is 2.36. The van der Waals surface area contributed by atoms with Crippen molar-refractivity contribution in [2.75, 3.05) is 6.61 Å². The van der Waals surface area contributed by atoms with Gasteiger partial charge in [0.05, 0.1) is 25.3 Å². The van der Waals surface area contributed by atoms with Gasteiger partial charge in [-0.1, -0.05) is 6.07 Å². The Morgan fingerprint density at radius 2 is 2.32 bits per heavy atom. The van der Waals surface area contributed by atoms with E-state index in [9.17, 15) is 9.90 Å². The molecule has 2 N–H and O–H groups in total. The highest BCUT2D eigenvalue weighted by Crippen LogP contribution is 2.39. The van der Waals surface area contributed by atoms with Crippen LogP contribution in [0.1, 0.15) is 36.4 Å². The fourth-order valence-corrected chi connectivity index (χ4v) is 3.59. The van der Waals surface area contributed by atoms with E-state index in [1.54, 1.807) is 11.0 Å². The summed E-state index contributed by atoms with van der Waals surface area (Å²) in [6.45, 7) is 1.22. The van der Waals surface area contributed by atoms with Crippen LogP contribution in [0.5, 0.6) is 5.75 Å². The molecule has 132 valence electrons. The van der Waals surface area contributed by atoms with Crippen molar-refractivity contribution in [1.82, 2.24) is 20.1 Å². The predicted octanol–water partition coefficient (Wildman–Crippen LogP) is 1.23. The van der Waals surface area contributed by atoms with E-state index in [4.69, 9.17) is 4.74 Å². The first kappa shape index (κ1) is 16.1. The Morgan fingerprint density at radius 3 is 3.08 bits per heavy atom. The minimum Gasteiger partial charge on any atom is -0.493 e.